The standard InChI is InChI=1S/C25H21N3O/c29-23(14-13-19-10-6-7-16-26-19)28-17-15-21-20-11-4-5-12-22(20)27-24(21)25(28)18-8-2-1-3-9-18/h1-14,16,25,27H,15,17H2. The zero-order valence-corrected chi connectivity index (χ0v) is 16.0. The third-order valence-corrected chi connectivity index (χ3v) is 5.52. The van der Waals surface area contributed by atoms with Crippen molar-refractivity contribution in [3.8, 4) is 0 Å². The van der Waals surface area contributed by atoms with Crippen LogP contribution in [0.5, 0.6) is 0 Å². The summed E-state index contributed by atoms with van der Waals surface area (Å²) in [5, 5.41) is 1.25. The van der Waals surface area contributed by atoms with Crippen molar-refractivity contribution < 1.29 is 4.79 Å². The quantitative estimate of drug-likeness (QED) is 0.522. The molecule has 2 aromatic heterocycles. The zero-order valence-electron chi connectivity index (χ0n) is 16.0. The van der Waals surface area contributed by atoms with E-state index in [2.05, 4.69) is 40.3 Å². The number of aromatic amines is 1. The Morgan fingerprint density at radius 2 is 1.79 bits per heavy atom. The summed E-state index contributed by atoms with van der Waals surface area (Å²) in [6, 6.07) is 24.2. The zero-order chi connectivity index (χ0) is 19.6. The van der Waals surface area contributed by atoms with Gasteiger partial charge in [0.25, 0.3) is 0 Å². The van der Waals surface area contributed by atoms with Crippen molar-refractivity contribution in [1.82, 2.24) is 14.9 Å². The molecule has 142 valence electrons. The molecule has 1 amide bonds. The maximum Gasteiger partial charge on any atom is 0.247 e. The van der Waals surface area contributed by atoms with E-state index in [0.29, 0.717) is 6.54 Å². The first-order valence-electron chi connectivity index (χ1n) is 9.85. The fourth-order valence-electron chi connectivity index (χ4n) is 4.19. The van der Waals surface area contributed by atoms with Crippen LogP contribution in [0, 0.1) is 0 Å². The second-order valence-electron chi connectivity index (χ2n) is 7.25. The van der Waals surface area contributed by atoms with E-state index in [4.69, 9.17) is 0 Å². The van der Waals surface area contributed by atoms with Crippen LogP contribution >= 0.6 is 0 Å². The van der Waals surface area contributed by atoms with Crippen LogP contribution in [0.4, 0.5) is 0 Å². The second kappa shape index (κ2) is 7.40. The SMILES string of the molecule is O=C(C=Cc1ccccn1)N1CCc2c([nH]c3ccccc23)C1c1ccccc1. The number of hydrogen-bond donors (Lipinski definition) is 1. The molecule has 1 atom stereocenters. The highest BCUT2D eigenvalue weighted by Crippen LogP contribution is 2.38. The van der Waals surface area contributed by atoms with E-state index in [-0.39, 0.29) is 11.9 Å². The minimum atomic E-state index is -0.131. The molecular weight excluding hydrogens is 358 g/mol. The fraction of sp³-hybridized carbons (Fsp3) is 0.120. The van der Waals surface area contributed by atoms with Crippen LogP contribution < -0.4 is 0 Å². The number of nitrogens with zero attached hydrogens (tertiary/aromatic N) is 2. The summed E-state index contributed by atoms with van der Waals surface area (Å²) in [5.41, 5.74) is 5.44. The molecule has 0 aliphatic carbocycles. The van der Waals surface area contributed by atoms with Crippen molar-refractivity contribution in [2.24, 2.45) is 0 Å². The highest BCUT2D eigenvalue weighted by molar-refractivity contribution is 5.93. The largest absolute Gasteiger partial charge is 0.356 e. The molecule has 1 aliphatic rings. The molecule has 0 saturated carbocycles. The van der Waals surface area contributed by atoms with Gasteiger partial charge in [-0.05, 0) is 41.8 Å². The number of amides is 1. The Morgan fingerprint density at radius 3 is 2.62 bits per heavy atom. The summed E-state index contributed by atoms with van der Waals surface area (Å²) in [6.45, 7) is 0.680. The predicted octanol–water partition coefficient (Wildman–Crippen LogP) is 4.75. The Hall–Kier alpha value is -3.66. The molecule has 0 spiro atoms. The molecule has 29 heavy (non-hydrogen) atoms. The lowest BCUT2D eigenvalue weighted by Gasteiger charge is -2.35. The van der Waals surface area contributed by atoms with Gasteiger partial charge in [-0.2, -0.15) is 0 Å². The maximum atomic E-state index is 13.2. The summed E-state index contributed by atoms with van der Waals surface area (Å²) in [4.78, 5) is 23.0. The van der Waals surface area contributed by atoms with Crippen LogP contribution in [0.15, 0.2) is 85.1 Å². The van der Waals surface area contributed by atoms with E-state index in [0.717, 1.165) is 28.9 Å². The van der Waals surface area contributed by atoms with Crippen molar-refractivity contribution in [2.45, 2.75) is 12.5 Å². The van der Waals surface area contributed by atoms with Gasteiger partial charge in [-0.3, -0.25) is 9.78 Å². The molecule has 4 nitrogen and oxygen atoms in total. The Kier molecular flexibility index (Phi) is 4.45. The Morgan fingerprint density at radius 1 is 1.00 bits per heavy atom. The van der Waals surface area contributed by atoms with E-state index >= 15 is 0 Å². The van der Waals surface area contributed by atoms with Gasteiger partial charge in [-0.15, -0.1) is 0 Å². The molecule has 1 N–H and O–H groups in total. The molecule has 2 aromatic carbocycles. The number of pyridine rings is 1. The third kappa shape index (κ3) is 3.23. The number of carbonyl (C=O) groups excluding carboxylic acids is 1. The van der Waals surface area contributed by atoms with Crippen LogP contribution in [-0.2, 0) is 11.2 Å². The number of para-hydroxylation sites is 1. The Labute approximate surface area is 169 Å². The average Bonchev–Trinajstić information content (AvgIpc) is 3.17. The molecule has 1 aliphatic heterocycles. The molecule has 0 fully saturated rings. The number of hydrogen-bond acceptors (Lipinski definition) is 2. The van der Waals surface area contributed by atoms with Crippen molar-refractivity contribution in [3.63, 3.8) is 0 Å². The van der Waals surface area contributed by atoms with Crippen molar-refractivity contribution in [1.29, 1.82) is 0 Å². The Balaban J connectivity index is 1.56. The first-order chi connectivity index (χ1) is 14.3. The molecule has 0 bridgehead atoms. The first kappa shape index (κ1) is 17.4. The highest BCUT2D eigenvalue weighted by atomic mass is 16.2. The number of H-pyrrole nitrogens is 1. The summed E-state index contributed by atoms with van der Waals surface area (Å²) in [6.07, 6.45) is 5.98. The second-order valence-corrected chi connectivity index (χ2v) is 7.25. The molecule has 0 saturated heterocycles. The number of fused-ring (bicyclic) bond motifs is 3. The Bertz CT molecular complexity index is 1180. The van der Waals surface area contributed by atoms with Gasteiger partial charge in [-0.1, -0.05) is 54.6 Å². The lowest BCUT2D eigenvalue weighted by Crippen LogP contribution is -2.39. The molecule has 4 aromatic rings. The van der Waals surface area contributed by atoms with E-state index in [1.54, 1.807) is 18.3 Å². The van der Waals surface area contributed by atoms with Crippen molar-refractivity contribution in [2.75, 3.05) is 6.54 Å². The smallest absolute Gasteiger partial charge is 0.247 e. The molecule has 4 heteroatoms. The number of aromatic nitrogens is 2. The summed E-state index contributed by atoms with van der Waals surface area (Å²) >= 11 is 0. The minimum Gasteiger partial charge on any atom is -0.356 e. The highest BCUT2D eigenvalue weighted by Gasteiger charge is 2.33. The van der Waals surface area contributed by atoms with Gasteiger partial charge in [0, 0.05) is 35.4 Å². The van der Waals surface area contributed by atoms with Gasteiger partial charge in [0.05, 0.1) is 11.7 Å². The van der Waals surface area contributed by atoms with Crippen LogP contribution in [0.2, 0.25) is 0 Å². The van der Waals surface area contributed by atoms with E-state index in [9.17, 15) is 4.79 Å². The van der Waals surface area contributed by atoms with Gasteiger partial charge < -0.3 is 9.88 Å². The lowest BCUT2D eigenvalue weighted by molar-refractivity contribution is -0.128. The number of carbonyl (C=O) groups is 1. The van der Waals surface area contributed by atoms with E-state index in [1.165, 1.54) is 10.9 Å². The molecule has 1 unspecified atom stereocenters. The number of rotatable bonds is 3. The monoisotopic (exact) mass is 379 g/mol. The van der Waals surface area contributed by atoms with Gasteiger partial charge in [0.15, 0.2) is 0 Å². The summed E-state index contributed by atoms with van der Waals surface area (Å²) < 4.78 is 0. The van der Waals surface area contributed by atoms with E-state index < -0.39 is 0 Å². The van der Waals surface area contributed by atoms with Crippen LogP contribution in [0.1, 0.15) is 28.6 Å². The van der Waals surface area contributed by atoms with Crippen molar-refractivity contribution in [3.05, 3.63) is 108 Å². The van der Waals surface area contributed by atoms with Gasteiger partial charge in [0.1, 0.15) is 0 Å². The topological polar surface area (TPSA) is 49.0 Å². The van der Waals surface area contributed by atoms with Crippen LogP contribution in [-0.4, -0.2) is 27.3 Å². The molecular formula is C25H21N3O. The molecule has 5 rings (SSSR count). The normalized spacial score (nSPS) is 16.3. The molecule has 0 radical (unpaired) electrons. The van der Waals surface area contributed by atoms with E-state index in [1.807, 2.05) is 47.4 Å². The summed E-state index contributed by atoms with van der Waals surface area (Å²) in [5.74, 6) is -0.00573. The fourth-order valence-corrected chi connectivity index (χ4v) is 4.19. The van der Waals surface area contributed by atoms with Crippen molar-refractivity contribution >= 4 is 22.9 Å². The number of benzene rings is 2. The predicted molar refractivity (Wildman–Crippen MR) is 115 cm³/mol. The summed E-state index contributed by atoms with van der Waals surface area (Å²) in [7, 11) is 0. The number of nitrogens with one attached hydrogen (secondary N) is 1. The first-order valence-corrected chi connectivity index (χ1v) is 9.85. The molecule has 3 heterocycles. The third-order valence-electron chi connectivity index (χ3n) is 5.52. The van der Waals surface area contributed by atoms with Crippen LogP contribution in [0.3, 0.4) is 0 Å². The minimum absolute atomic E-state index is 0.00573. The van der Waals surface area contributed by atoms with Crippen LogP contribution in [0.25, 0.3) is 17.0 Å². The van der Waals surface area contributed by atoms with Gasteiger partial charge in [0.2, 0.25) is 5.91 Å². The maximum absolute atomic E-state index is 13.2. The van der Waals surface area contributed by atoms with Gasteiger partial charge >= 0.3 is 0 Å². The lowest BCUT2D eigenvalue weighted by atomic mass is 9.92. The van der Waals surface area contributed by atoms with Gasteiger partial charge in [-0.25, -0.2) is 0 Å². The average molecular weight is 379 g/mol.